The van der Waals surface area contributed by atoms with Crippen molar-refractivity contribution in [3.05, 3.63) is 50.8 Å². The van der Waals surface area contributed by atoms with Gasteiger partial charge in [0.1, 0.15) is 10.7 Å². The Morgan fingerprint density at radius 1 is 1.28 bits per heavy atom. The van der Waals surface area contributed by atoms with Gasteiger partial charge in [-0.15, -0.1) is 11.3 Å². The predicted octanol–water partition coefficient (Wildman–Crippen LogP) is 4.92. The highest BCUT2D eigenvalue weighted by molar-refractivity contribution is 7.17. The SMILES string of the molecule is CC[C@@H](O)CN(CCC(C)C)Cc1nc2scc(-c3ccc(Cl)cc3)c2c(=O)[nH]1. The molecule has 0 spiro atoms. The van der Waals surface area contributed by atoms with Gasteiger partial charge in [-0.05, 0) is 43.0 Å². The summed E-state index contributed by atoms with van der Waals surface area (Å²) in [6.07, 6.45) is 1.36. The molecule has 0 aliphatic carbocycles. The second-order valence-electron chi connectivity index (χ2n) is 7.83. The van der Waals surface area contributed by atoms with E-state index in [2.05, 4.69) is 23.7 Å². The highest BCUT2D eigenvalue weighted by Crippen LogP contribution is 2.31. The first-order chi connectivity index (χ1) is 13.9. The van der Waals surface area contributed by atoms with Crippen LogP contribution in [0.2, 0.25) is 5.02 Å². The Morgan fingerprint density at radius 2 is 2.00 bits per heavy atom. The van der Waals surface area contributed by atoms with E-state index in [0.717, 1.165) is 28.9 Å². The topological polar surface area (TPSA) is 69.2 Å². The third-order valence-corrected chi connectivity index (χ3v) is 6.11. The number of aliphatic hydroxyl groups is 1. The average Bonchev–Trinajstić information content (AvgIpc) is 3.11. The predicted molar refractivity (Wildman–Crippen MR) is 122 cm³/mol. The van der Waals surface area contributed by atoms with Crippen molar-refractivity contribution < 1.29 is 5.11 Å². The molecule has 0 radical (unpaired) electrons. The number of rotatable bonds is 9. The van der Waals surface area contributed by atoms with Crippen LogP contribution in [-0.2, 0) is 6.54 Å². The van der Waals surface area contributed by atoms with Crippen molar-refractivity contribution in [3.8, 4) is 11.1 Å². The summed E-state index contributed by atoms with van der Waals surface area (Å²) in [6.45, 7) is 8.29. The number of aromatic amines is 1. The number of hydrogen-bond acceptors (Lipinski definition) is 5. The van der Waals surface area contributed by atoms with Gasteiger partial charge in [0.2, 0.25) is 0 Å². The van der Waals surface area contributed by atoms with E-state index in [-0.39, 0.29) is 11.7 Å². The highest BCUT2D eigenvalue weighted by Gasteiger charge is 2.16. The summed E-state index contributed by atoms with van der Waals surface area (Å²) in [5.74, 6) is 1.21. The number of fused-ring (bicyclic) bond motifs is 1. The normalized spacial score (nSPS) is 12.9. The summed E-state index contributed by atoms with van der Waals surface area (Å²) < 4.78 is 0. The Hall–Kier alpha value is -1.73. The number of aliphatic hydroxyl groups excluding tert-OH is 1. The number of benzene rings is 1. The average molecular weight is 434 g/mol. The molecule has 3 aromatic rings. The summed E-state index contributed by atoms with van der Waals surface area (Å²) in [5, 5.41) is 13.4. The van der Waals surface area contributed by atoms with Gasteiger partial charge in [-0.3, -0.25) is 9.69 Å². The second kappa shape index (κ2) is 9.85. The van der Waals surface area contributed by atoms with Crippen LogP contribution < -0.4 is 5.56 Å². The summed E-state index contributed by atoms with van der Waals surface area (Å²) >= 11 is 7.46. The quantitative estimate of drug-likeness (QED) is 0.502. The largest absolute Gasteiger partial charge is 0.392 e. The standard InChI is InChI=1S/C22H28ClN3O2S/c1-4-17(27)11-26(10-9-14(2)3)12-19-24-21(28)20-18(13-29-22(20)25-19)15-5-7-16(23)8-6-15/h5-8,13-14,17,27H,4,9-12H2,1-3H3,(H,24,25,28)/t17-/m1/s1. The van der Waals surface area contributed by atoms with E-state index in [1.807, 2.05) is 36.6 Å². The maximum absolute atomic E-state index is 12.9. The van der Waals surface area contributed by atoms with Gasteiger partial charge in [-0.25, -0.2) is 4.98 Å². The molecule has 156 valence electrons. The molecular formula is C22H28ClN3O2S. The third kappa shape index (κ3) is 5.66. The van der Waals surface area contributed by atoms with Crippen molar-refractivity contribution in [2.45, 2.75) is 46.3 Å². The Kier molecular flexibility index (Phi) is 7.46. The second-order valence-corrected chi connectivity index (χ2v) is 9.12. The lowest BCUT2D eigenvalue weighted by molar-refractivity contribution is 0.101. The number of thiophene rings is 1. The number of aromatic nitrogens is 2. The first-order valence-electron chi connectivity index (χ1n) is 10.0. The van der Waals surface area contributed by atoms with Gasteiger partial charge in [0, 0.05) is 22.5 Å². The van der Waals surface area contributed by atoms with Gasteiger partial charge < -0.3 is 10.1 Å². The van der Waals surface area contributed by atoms with E-state index < -0.39 is 0 Å². The lowest BCUT2D eigenvalue weighted by Crippen LogP contribution is -2.34. The molecule has 2 aromatic heterocycles. The van der Waals surface area contributed by atoms with E-state index in [1.54, 1.807) is 0 Å². The van der Waals surface area contributed by atoms with Crippen LogP contribution in [-0.4, -0.2) is 39.2 Å². The van der Waals surface area contributed by atoms with Crippen LogP contribution in [0.1, 0.15) is 39.4 Å². The number of nitrogens with zero attached hydrogens (tertiary/aromatic N) is 2. The van der Waals surface area contributed by atoms with E-state index >= 15 is 0 Å². The summed E-state index contributed by atoms with van der Waals surface area (Å²) in [4.78, 5) is 23.4. The molecule has 0 aliphatic heterocycles. The molecule has 0 saturated heterocycles. The summed E-state index contributed by atoms with van der Waals surface area (Å²) in [7, 11) is 0. The van der Waals surface area contributed by atoms with E-state index in [9.17, 15) is 9.90 Å². The molecule has 29 heavy (non-hydrogen) atoms. The monoisotopic (exact) mass is 433 g/mol. The molecule has 7 heteroatoms. The molecule has 0 unspecified atom stereocenters. The Labute approximate surface area is 180 Å². The zero-order chi connectivity index (χ0) is 21.0. The molecule has 1 aromatic carbocycles. The Balaban J connectivity index is 1.88. The lowest BCUT2D eigenvalue weighted by Gasteiger charge is -2.25. The van der Waals surface area contributed by atoms with Crippen molar-refractivity contribution in [1.29, 1.82) is 0 Å². The van der Waals surface area contributed by atoms with Gasteiger partial charge in [-0.1, -0.05) is 44.5 Å². The number of hydrogen-bond donors (Lipinski definition) is 2. The molecule has 3 rings (SSSR count). The highest BCUT2D eigenvalue weighted by atomic mass is 35.5. The molecule has 2 N–H and O–H groups in total. The Morgan fingerprint density at radius 3 is 2.66 bits per heavy atom. The Bertz CT molecular complexity index is 997. The number of H-pyrrole nitrogens is 1. The van der Waals surface area contributed by atoms with Crippen LogP contribution in [0.5, 0.6) is 0 Å². The van der Waals surface area contributed by atoms with Crippen LogP contribution in [0.25, 0.3) is 21.3 Å². The number of halogens is 1. The lowest BCUT2D eigenvalue weighted by atomic mass is 10.1. The minimum atomic E-state index is -0.379. The van der Waals surface area contributed by atoms with Gasteiger partial charge in [-0.2, -0.15) is 0 Å². The summed E-state index contributed by atoms with van der Waals surface area (Å²) in [5.41, 5.74) is 1.70. The van der Waals surface area contributed by atoms with Crippen molar-refractivity contribution >= 4 is 33.2 Å². The molecule has 2 heterocycles. The van der Waals surface area contributed by atoms with Crippen molar-refractivity contribution in [2.24, 2.45) is 5.92 Å². The van der Waals surface area contributed by atoms with Crippen LogP contribution in [0.15, 0.2) is 34.4 Å². The fourth-order valence-corrected chi connectivity index (χ4v) is 4.32. The van der Waals surface area contributed by atoms with Gasteiger partial charge in [0.15, 0.2) is 0 Å². The first-order valence-corrected chi connectivity index (χ1v) is 11.3. The third-order valence-electron chi connectivity index (χ3n) is 4.98. The van der Waals surface area contributed by atoms with Gasteiger partial charge in [0.25, 0.3) is 5.56 Å². The van der Waals surface area contributed by atoms with Crippen molar-refractivity contribution in [1.82, 2.24) is 14.9 Å². The van der Waals surface area contributed by atoms with Crippen LogP contribution >= 0.6 is 22.9 Å². The molecule has 0 saturated carbocycles. The van der Waals surface area contributed by atoms with E-state index in [4.69, 9.17) is 16.6 Å². The van der Waals surface area contributed by atoms with Crippen LogP contribution in [0.3, 0.4) is 0 Å². The van der Waals surface area contributed by atoms with E-state index in [0.29, 0.717) is 41.7 Å². The van der Waals surface area contributed by atoms with Crippen molar-refractivity contribution in [3.63, 3.8) is 0 Å². The fourth-order valence-electron chi connectivity index (χ4n) is 3.22. The molecule has 0 aliphatic rings. The molecule has 0 amide bonds. The summed E-state index contributed by atoms with van der Waals surface area (Å²) in [6, 6.07) is 7.47. The number of nitrogens with one attached hydrogen (secondary N) is 1. The molecule has 1 atom stereocenters. The molecule has 5 nitrogen and oxygen atoms in total. The zero-order valence-corrected chi connectivity index (χ0v) is 18.7. The first kappa shape index (κ1) is 22.0. The van der Waals surface area contributed by atoms with Gasteiger partial charge >= 0.3 is 0 Å². The van der Waals surface area contributed by atoms with E-state index in [1.165, 1.54) is 11.3 Å². The molecular weight excluding hydrogens is 406 g/mol. The molecule has 0 fully saturated rings. The maximum Gasteiger partial charge on any atom is 0.260 e. The minimum Gasteiger partial charge on any atom is -0.392 e. The van der Waals surface area contributed by atoms with Gasteiger partial charge in [0.05, 0.1) is 18.0 Å². The zero-order valence-electron chi connectivity index (χ0n) is 17.1. The smallest absolute Gasteiger partial charge is 0.260 e. The van der Waals surface area contributed by atoms with Crippen molar-refractivity contribution in [2.75, 3.05) is 13.1 Å². The van der Waals surface area contributed by atoms with Crippen LogP contribution in [0.4, 0.5) is 0 Å². The van der Waals surface area contributed by atoms with Crippen LogP contribution in [0, 0.1) is 5.92 Å². The minimum absolute atomic E-state index is 0.129. The maximum atomic E-state index is 12.9. The fraction of sp³-hybridized carbons (Fsp3) is 0.455. The molecule has 0 bridgehead atoms.